The van der Waals surface area contributed by atoms with E-state index in [0.717, 1.165) is 31.5 Å². The quantitative estimate of drug-likeness (QED) is 0.898. The van der Waals surface area contributed by atoms with Gasteiger partial charge in [0.15, 0.2) is 11.6 Å². The van der Waals surface area contributed by atoms with Crippen LogP contribution in [0.3, 0.4) is 0 Å². The van der Waals surface area contributed by atoms with Gasteiger partial charge >= 0.3 is 0 Å². The third-order valence-electron chi connectivity index (χ3n) is 3.42. The standard InChI is InChI=1S/C14H18F2N2O.ClH/c1-9(10-4-5-12(15)13(16)7-10)18-14(19)8-11-3-2-6-17-11;/h4-5,7,9,11,17H,2-3,6,8H2,1H3,(H,18,19);1H. The van der Waals surface area contributed by atoms with Gasteiger partial charge in [0.25, 0.3) is 0 Å². The first kappa shape index (κ1) is 16.9. The minimum atomic E-state index is -0.893. The molecule has 1 aromatic rings. The monoisotopic (exact) mass is 304 g/mol. The van der Waals surface area contributed by atoms with Crippen molar-refractivity contribution < 1.29 is 13.6 Å². The van der Waals surface area contributed by atoms with Crippen LogP contribution in [0.25, 0.3) is 0 Å². The van der Waals surface area contributed by atoms with Gasteiger partial charge in [-0.25, -0.2) is 8.78 Å². The topological polar surface area (TPSA) is 41.1 Å². The van der Waals surface area contributed by atoms with Crippen LogP contribution in [-0.2, 0) is 4.79 Å². The van der Waals surface area contributed by atoms with Crippen LogP contribution in [0.15, 0.2) is 18.2 Å². The van der Waals surface area contributed by atoms with Crippen molar-refractivity contribution in [2.45, 2.75) is 38.3 Å². The van der Waals surface area contributed by atoms with Crippen LogP contribution in [0.1, 0.15) is 37.8 Å². The van der Waals surface area contributed by atoms with E-state index in [1.807, 2.05) is 0 Å². The third-order valence-corrected chi connectivity index (χ3v) is 3.42. The second-order valence-electron chi connectivity index (χ2n) is 4.96. The van der Waals surface area contributed by atoms with Crippen molar-refractivity contribution >= 4 is 18.3 Å². The van der Waals surface area contributed by atoms with E-state index < -0.39 is 11.6 Å². The zero-order chi connectivity index (χ0) is 13.8. The summed E-state index contributed by atoms with van der Waals surface area (Å²) in [6.45, 7) is 2.71. The lowest BCUT2D eigenvalue weighted by Gasteiger charge is -2.16. The van der Waals surface area contributed by atoms with Gasteiger partial charge in [0.1, 0.15) is 0 Å². The Balaban J connectivity index is 0.00000200. The van der Waals surface area contributed by atoms with Crippen molar-refractivity contribution in [2.75, 3.05) is 6.54 Å². The first-order chi connectivity index (χ1) is 9.06. The fraction of sp³-hybridized carbons (Fsp3) is 0.500. The Kier molecular flexibility index (Phi) is 6.36. The molecule has 112 valence electrons. The molecule has 0 spiro atoms. The molecule has 1 fully saturated rings. The molecule has 2 atom stereocenters. The fourth-order valence-electron chi connectivity index (χ4n) is 2.32. The first-order valence-electron chi connectivity index (χ1n) is 6.54. The largest absolute Gasteiger partial charge is 0.350 e. The van der Waals surface area contributed by atoms with Gasteiger partial charge in [-0.05, 0) is 44.0 Å². The molecule has 3 nitrogen and oxygen atoms in total. The predicted molar refractivity (Wildman–Crippen MR) is 75.8 cm³/mol. The molecule has 1 amide bonds. The average molecular weight is 305 g/mol. The lowest BCUT2D eigenvalue weighted by Crippen LogP contribution is -2.33. The zero-order valence-corrected chi connectivity index (χ0v) is 12.1. The van der Waals surface area contributed by atoms with Gasteiger partial charge in [0.05, 0.1) is 6.04 Å². The number of nitrogens with one attached hydrogen (secondary N) is 2. The van der Waals surface area contributed by atoms with Gasteiger partial charge in [-0.1, -0.05) is 6.07 Å². The second kappa shape index (κ2) is 7.55. The number of carbonyl (C=O) groups excluding carboxylic acids is 1. The number of amides is 1. The highest BCUT2D eigenvalue weighted by Crippen LogP contribution is 2.16. The summed E-state index contributed by atoms with van der Waals surface area (Å²) in [5.41, 5.74) is 0.562. The van der Waals surface area contributed by atoms with Crippen molar-refractivity contribution in [3.05, 3.63) is 35.4 Å². The number of rotatable bonds is 4. The molecule has 1 heterocycles. The van der Waals surface area contributed by atoms with Crippen LogP contribution < -0.4 is 10.6 Å². The molecule has 2 N–H and O–H groups in total. The molecule has 0 aromatic heterocycles. The molecular weight excluding hydrogens is 286 g/mol. The molecule has 1 aromatic carbocycles. The van der Waals surface area contributed by atoms with Gasteiger partial charge < -0.3 is 10.6 Å². The number of carbonyl (C=O) groups is 1. The lowest BCUT2D eigenvalue weighted by molar-refractivity contribution is -0.122. The number of halogens is 3. The molecule has 1 aliphatic heterocycles. The summed E-state index contributed by atoms with van der Waals surface area (Å²) in [5, 5.41) is 6.05. The van der Waals surface area contributed by atoms with Crippen LogP contribution in [-0.4, -0.2) is 18.5 Å². The second-order valence-corrected chi connectivity index (χ2v) is 4.96. The van der Waals surface area contributed by atoms with Crippen molar-refractivity contribution in [2.24, 2.45) is 0 Å². The Morgan fingerprint density at radius 1 is 1.45 bits per heavy atom. The number of hydrogen-bond donors (Lipinski definition) is 2. The molecule has 2 rings (SSSR count). The van der Waals surface area contributed by atoms with Gasteiger partial charge in [-0.15, -0.1) is 12.4 Å². The van der Waals surface area contributed by atoms with Gasteiger partial charge in [-0.3, -0.25) is 4.79 Å². The fourth-order valence-corrected chi connectivity index (χ4v) is 2.32. The van der Waals surface area contributed by atoms with Crippen LogP contribution in [0.2, 0.25) is 0 Å². The van der Waals surface area contributed by atoms with E-state index in [2.05, 4.69) is 10.6 Å². The molecule has 2 unspecified atom stereocenters. The first-order valence-corrected chi connectivity index (χ1v) is 6.54. The zero-order valence-electron chi connectivity index (χ0n) is 11.3. The van der Waals surface area contributed by atoms with Crippen LogP contribution in [0, 0.1) is 11.6 Å². The summed E-state index contributed by atoms with van der Waals surface area (Å²) in [5.74, 6) is -1.84. The maximum absolute atomic E-state index is 13.1. The molecule has 0 saturated carbocycles. The lowest BCUT2D eigenvalue weighted by atomic mass is 10.1. The maximum atomic E-state index is 13.1. The molecule has 6 heteroatoms. The summed E-state index contributed by atoms with van der Waals surface area (Å²) in [4.78, 5) is 11.8. The summed E-state index contributed by atoms with van der Waals surface area (Å²) < 4.78 is 25.9. The average Bonchev–Trinajstić information content (AvgIpc) is 2.85. The van der Waals surface area contributed by atoms with Crippen molar-refractivity contribution in [3.8, 4) is 0 Å². The normalized spacial score (nSPS) is 19.2. The molecule has 0 aliphatic carbocycles. The summed E-state index contributed by atoms with van der Waals surface area (Å²) in [7, 11) is 0. The van der Waals surface area contributed by atoms with Crippen molar-refractivity contribution in [3.63, 3.8) is 0 Å². The van der Waals surface area contributed by atoms with Gasteiger partial charge in [0, 0.05) is 12.5 Å². The van der Waals surface area contributed by atoms with Crippen LogP contribution in [0.5, 0.6) is 0 Å². The summed E-state index contributed by atoms with van der Waals surface area (Å²) in [6.07, 6.45) is 2.53. The smallest absolute Gasteiger partial charge is 0.222 e. The minimum absolute atomic E-state index is 0. The van der Waals surface area contributed by atoms with E-state index in [9.17, 15) is 13.6 Å². The van der Waals surface area contributed by atoms with E-state index in [0.29, 0.717) is 12.0 Å². The van der Waals surface area contributed by atoms with Crippen molar-refractivity contribution in [1.29, 1.82) is 0 Å². The molecule has 0 bridgehead atoms. The molecule has 0 radical (unpaired) electrons. The number of hydrogen-bond acceptors (Lipinski definition) is 2. The van der Waals surface area contributed by atoms with Crippen LogP contribution >= 0.6 is 12.4 Å². The molecule has 1 saturated heterocycles. The van der Waals surface area contributed by atoms with E-state index in [1.54, 1.807) is 6.92 Å². The summed E-state index contributed by atoms with van der Waals surface area (Å²) in [6, 6.07) is 3.58. The van der Waals surface area contributed by atoms with Crippen molar-refractivity contribution in [1.82, 2.24) is 10.6 Å². The summed E-state index contributed by atoms with van der Waals surface area (Å²) >= 11 is 0. The van der Waals surface area contributed by atoms with Gasteiger partial charge in [-0.2, -0.15) is 0 Å². The Labute approximate surface area is 123 Å². The Hall–Kier alpha value is -1.20. The Morgan fingerprint density at radius 2 is 2.20 bits per heavy atom. The van der Waals surface area contributed by atoms with Gasteiger partial charge in [0.2, 0.25) is 5.91 Å². The van der Waals surface area contributed by atoms with E-state index in [4.69, 9.17) is 0 Å². The maximum Gasteiger partial charge on any atom is 0.222 e. The SMILES string of the molecule is CC(NC(=O)CC1CCCN1)c1ccc(F)c(F)c1.Cl. The highest BCUT2D eigenvalue weighted by molar-refractivity contribution is 5.85. The Morgan fingerprint density at radius 3 is 2.80 bits per heavy atom. The van der Waals surface area contributed by atoms with E-state index in [-0.39, 0.29) is 30.4 Å². The highest BCUT2D eigenvalue weighted by atomic mass is 35.5. The molecular formula is C14H19ClF2N2O. The Bertz CT molecular complexity index is 464. The van der Waals surface area contributed by atoms with E-state index in [1.165, 1.54) is 6.07 Å². The minimum Gasteiger partial charge on any atom is -0.350 e. The highest BCUT2D eigenvalue weighted by Gasteiger charge is 2.19. The van der Waals surface area contributed by atoms with Crippen LogP contribution in [0.4, 0.5) is 8.78 Å². The molecule has 1 aliphatic rings. The third kappa shape index (κ3) is 4.42. The van der Waals surface area contributed by atoms with E-state index >= 15 is 0 Å². The number of benzene rings is 1. The predicted octanol–water partition coefficient (Wildman–Crippen LogP) is 2.71. The molecule has 20 heavy (non-hydrogen) atoms.